The number of rotatable bonds is 3. The van der Waals surface area contributed by atoms with Gasteiger partial charge in [-0.15, -0.1) is 0 Å². The molecule has 1 aliphatic rings. The molecule has 3 amide bonds. The molecule has 0 unspecified atom stereocenters. The molecule has 0 atom stereocenters. The maximum absolute atomic E-state index is 12.0. The Morgan fingerprint density at radius 2 is 1.53 bits per heavy atom. The van der Waals surface area contributed by atoms with E-state index in [0.717, 1.165) is 13.1 Å². The first kappa shape index (κ1) is 14.3. The van der Waals surface area contributed by atoms with E-state index in [1.54, 1.807) is 4.90 Å². The number of carbonyl (C=O) groups is 2. The monoisotopic (exact) mass is 305 g/mol. The van der Waals surface area contributed by atoms with Gasteiger partial charge in [-0.25, -0.2) is 4.79 Å². The predicted molar refractivity (Wildman–Crippen MR) is 70.3 cm³/mol. The number of hydrogen-bond donors (Lipinski definition) is 0. The third kappa shape index (κ3) is 3.59. The van der Waals surface area contributed by atoms with E-state index in [-0.39, 0.29) is 11.9 Å². The van der Waals surface area contributed by atoms with Gasteiger partial charge in [-0.2, -0.15) is 0 Å². The maximum Gasteiger partial charge on any atom is 0.320 e. The lowest BCUT2D eigenvalue weighted by Gasteiger charge is -2.37. The van der Waals surface area contributed by atoms with Gasteiger partial charge in [0.25, 0.3) is 0 Å². The van der Waals surface area contributed by atoms with E-state index in [4.69, 9.17) is 0 Å². The van der Waals surface area contributed by atoms with Gasteiger partial charge in [0.2, 0.25) is 5.91 Å². The van der Waals surface area contributed by atoms with Gasteiger partial charge < -0.3 is 14.7 Å². The fourth-order valence-corrected chi connectivity index (χ4v) is 2.28. The molecule has 0 aromatic rings. The van der Waals surface area contributed by atoms with Crippen LogP contribution in [0.3, 0.4) is 0 Å². The molecule has 1 fully saturated rings. The van der Waals surface area contributed by atoms with E-state index in [2.05, 4.69) is 15.9 Å². The van der Waals surface area contributed by atoms with Crippen LogP contribution in [-0.2, 0) is 4.79 Å². The maximum atomic E-state index is 12.0. The number of amides is 3. The highest BCUT2D eigenvalue weighted by atomic mass is 79.9. The van der Waals surface area contributed by atoms with E-state index in [1.807, 2.05) is 23.6 Å². The van der Waals surface area contributed by atoms with Crippen molar-refractivity contribution in [2.75, 3.05) is 44.6 Å². The van der Waals surface area contributed by atoms with Crippen LogP contribution in [0.25, 0.3) is 0 Å². The number of hydrogen-bond acceptors (Lipinski definition) is 2. The van der Waals surface area contributed by atoms with Crippen molar-refractivity contribution in [1.82, 2.24) is 14.7 Å². The topological polar surface area (TPSA) is 43.9 Å². The summed E-state index contributed by atoms with van der Waals surface area (Å²) in [5, 5.41) is 0.358. The molecule has 1 saturated heterocycles. The summed E-state index contributed by atoms with van der Waals surface area (Å²) in [6.45, 7) is 7.96. The van der Waals surface area contributed by atoms with Crippen LogP contribution >= 0.6 is 15.9 Å². The number of halogens is 1. The van der Waals surface area contributed by atoms with E-state index in [9.17, 15) is 9.59 Å². The molecule has 0 N–H and O–H groups in total. The first-order valence-electron chi connectivity index (χ1n) is 6.01. The SMILES string of the molecule is CCN(CC)C(=O)N1CCN(C(=O)CBr)CC1. The van der Waals surface area contributed by atoms with Crippen molar-refractivity contribution in [3.8, 4) is 0 Å². The van der Waals surface area contributed by atoms with E-state index < -0.39 is 0 Å². The molecule has 0 aliphatic carbocycles. The van der Waals surface area contributed by atoms with Crippen molar-refractivity contribution < 1.29 is 9.59 Å². The summed E-state index contributed by atoms with van der Waals surface area (Å²) in [5.41, 5.74) is 0. The van der Waals surface area contributed by atoms with Crippen LogP contribution in [0, 0.1) is 0 Å². The van der Waals surface area contributed by atoms with E-state index >= 15 is 0 Å². The Balaban J connectivity index is 2.46. The minimum absolute atomic E-state index is 0.0842. The third-order valence-electron chi connectivity index (χ3n) is 3.05. The molecule has 1 aliphatic heterocycles. The number of carbonyl (C=O) groups excluding carboxylic acids is 2. The van der Waals surface area contributed by atoms with Gasteiger partial charge >= 0.3 is 6.03 Å². The van der Waals surface area contributed by atoms with Crippen LogP contribution in [-0.4, -0.2) is 71.2 Å². The fraction of sp³-hybridized carbons (Fsp3) is 0.818. The Bertz CT molecular complexity index is 274. The quantitative estimate of drug-likeness (QED) is 0.730. The van der Waals surface area contributed by atoms with Crippen LogP contribution in [0.5, 0.6) is 0 Å². The van der Waals surface area contributed by atoms with Gasteiger partial charge in [0.05, 0.1) is 5.33 Å². The first-order chi connectivity index (χ1) is 8.13. The van der Waals surface area contributed by atoms with Crippen molar-refractivity contribution in [3.05, 3.63) is 0 Å². The summed E-state index contributed by atoms with van der Waals surface area (Å²) in [6.07, 6.45) is 0. The Kier molecular flexibility index (Phi) is 5.74. The molecular formula is C11H20BrN3O2. The summed E-state index contributed by atoms with van der Waals surface area (Å²) < 4.78 is 0. The smallest absolute Gasteiger partial charge is 0.320 e. The number of piperazine rings is 1. The molecule has 0 aromatic carbocycles. The summed E-state index contributed by atoms with van der Waals surface area (Å²) in [6, 6.07) is 0.0842. The number of urea groups is 1. The molecular weight excluding hydrogens is 286 g/mol. The van der Waals surface area contributed by atoms with Crippen LogP contribution in [0.15, 0.2) is 0 Å². The first-order valence-corrected chi connectivity index (χ1v) is 7.13. The Morgan fingerprint density at radius 1 is 1.06 bits per heavy atom. The Morgan fingerprint density at radius 3 is 1.94 bits per heavy atom. The highest BCUT2D eigenvalue weighted by molar-refractivity contribution is 9.09. The lowest BCUT2D eigenvalue weighted by molar-refractivity contribution is -0.129. The zero-order valence-corrected chi connectivity index (χ0v) is 12.1. The molecule has 98 valence electrons. The second-order valence-electron chi connectivity index (χ2n) is 3.96. The van der Waals surface area contributed by atoms with Crippen molar-refractivity contribution >= 4 is 27.9 Å². The van der Waals surface area contributed by atoms with Gasteiger partial charge in [0, 0.05) is 39.3 Å². The van der Waals surface area contributed by atoms with Gasteiger partial charge in [-0.1, -0.05) is 15.9 Å². The molecule has 17 heavy (non-hydrogen) atoms. The van der Waals surface area contributed by atoms with Crippen molar-refractivity contribution in [2.24, 2.45) is 0 Å². The summed E-state index contributed by atoms with van der Waals surface area (Å²) in [7, 11) is 0. The highest BCUT2D eigenvalue weighted by Crippen LogP contribution is 2.06. The molecule has 1 rings (SSSR count). The average molecular weight is 306 g/mol. The molecule has 0 saturated carbocycles. The van der Waals surface area contributed by atoms with Crippen LogP contribution in [0.4, 0.5) is 4.79 Å². The second-order valence-corrected chi connectivity index (χ2v) is 4.52. The molecule has 0 radical (unpaired) electrons. The largest absolute Gasteiger partial charge is 0.338 e. The van der Waals surface area contributed by atoms with Gasteiger partial charge in [0.15, 0.2) is 0 Å². The number of nitrogens with zero attached hydrogens (tertiary/aromatic N) is 3. The third-order valence-corrected chi connectivity index (χ3v) is 3.53. The molecule has 5 nitrogen and oxygen atoms in total. The second kappa shape index (κ2) is 6.83. The van der Waals surface area contributed by atoms with Crippen molar-refractivity contribution in [1.29, 1.82) is 0 Å². The predicted octanol–water partition coefficient (Wildman–Crippen LogP) is 0.987. The molecule has 0 bridgehead atoms. The standard InChI is InChI=1S/C11H20BrN3O2/c1-3-13(4-2)11(17)15-7-5-14(6-8-15)10(16)9-12/h3-9H2,1-2H3. The lowest BCUT2D eigenvalue weighted by atomic mass is 10.3. The zero-order chi connectivity index (χ0) is 12.8. The normalized spacial score (nSPS) is 15.9. The molecule has 0 spiro atoms. The van der Waals surface area contributed by atoms with Crippen LogP contribution < -0.4 is 0 Å². The van der Waals surface area contributed by atoms with Gasteiger partial charge in [0.1, 0.15) is 0 Å². The Hall–Kier alpha value is -0.780. The lowest BCUT2D eigenvalue weighted by Crippen LogP contribution is -2.54. The Labute approximate surface area is 111 Å². The van der Waals surface area contributed by atoms with Crippen LogP contribution in [0.2, 0.25) is 0 Å². The summed E-state index contributed by atoms with van der Waals surface area (Å²) in [5.74, 6) is 0.0972. The minimum atomic E-state index is 0.0842. The highest BCUT2D eigenvalue weighted by Gasteiger charge is 2.25. The van der Waals surface area contributed by atoms with Gasteiger partial charge in [-0.3, -0.25) is 4.79 Å². The zero-order valence-electron chi connectivity index (χ0n) is 10.5. The molecule has 6 heteroatoms. The molecule has 1 heterocycles. The fourth-order valence-electron chi connectivity index (χ4n) is 1.93. The van der Waals surface area contributed by atoms with E-state index in [1.165, 1.54) is 0 Å². The van der Waals surface area contributed by atoms with Crippen molar-refractivity contribution in [3.63, 3.8) is 0 Å². The van der Waals surface area contributed by atoms with Gasteiger partial charge in [-0.05, 0) is 13.8 Å². The van der Waals surface area contributed by atoms with Crippen LogP contribution in [0.1, 0.15) is 13.8 Å². The summed E-state index contributed by atoms with van der Waals surface area (Å²) in [4.78, 5) is 28.9. The summed E-state index contributed by atoms with van der Waals surface area (Å²) >= 11 is 3.16. The number of alkyl halides is 1. The van der Waals surface area contributed by atoms with Crippen molar-refractivity contribution in [2.45, 2.75) is 13.8 Å². The average Bonchev–Trinajstić information content (AvgIpc) is 2.39. The molecule has 0 aromatic heterocycles. The van der Waals surface area contributed by atoms with E-state index in [0.29, 0.717) is 31.5 Å². The minimum Gasteiger partial charge on any atom is -0.338 e.